The van der Waals surface area contributed by atoms with E-state index in [9.17, 15) is 4.79 Å². The fraction of sp³-hybridized carbons (Fsp3) is 0.588. The Balaban J connectivity index is 2.13. The number of anilines is 2. The number of nitrogens with zero attached hydrogens (tertiary/aromatic N) is 1. The Labute approximate surface area is 127 Å². The zero-order valence-corrected chi connectivity index (χ0v) is 13.1. The van der Waals surface area contributed by atoms with Crippen molar-refractivity contribution in [3.8, 4) is 0 Å². The van der Waals surface area contributed by atoms with Crippen LogP contribution in [0.5, 0.6) is 0 Å². The van der Waals surface area contributed by atoms with E-state index in [1.165, 1.54) is 38.5 Å². The van der Waals surface area contributed by atoms with Gasteiger partial charge < -0.3 is 15.4 Å². The molecule has 0 heterocycles. The van der Waals surface area contributed by atoms with Gasteiger partial charge in [-0.25, -0.2) is 4.79 Å². The molecule has 0 aromatic heterocycles. The molecule has 0 radical (unpaired) electrons. The molecule has 1 aliphatic rings. The lowest BCUT2D eigenvalue weighted by Gasteiger charge is -2.30. The number of rotatable bonds is 4. The average molecular weight is 290 g/mol. The topological polar surface area (TPSA) is 55.6 Å². The molecule has 116 valence electrons. The van der Waals surface area contributed by atoms with Gasteiger partial charge in [-0.2, -0.15) is 0 Å². The molecule has 0 bridgehead atoms. The molecular weight excluding hydrogens is 264 g/mol. The summed E-state index contributed by atoms with van der Waals surface area (Å²) in [4.78, 5) is 14.0. The van der Waals surface area contributed by atoms with Gasteiger partial charge in [0.15, 0.2) is 0 Å². The first kappa shape index (κ1) is 15.7. The second kappa shape index (κ2) is 7.34. The third-order valence-electron chi connectivity index (χ3n) is 4.29. The maximum absolute atomic E-state index is 11.7. The van der Waals surface area contributed by atoms with Gasteiger partial charge in [-0.1, -0.05) is 25.7 Å². The van der Waals surface area contributed by atoms with E-state index in [4.69, 9.17) is 10.5 Å². The van der Waals surface area contributed by atoms with E-state index >= 15 is 0 Å². The first-order valence-corrected chi connectivity index (χ1v) is 7.93. The predicted octanol–water partition coefficient (Wildman–Crippen LogP) is 3.60. The molecule has 1 aromatic carbocycles. The summed E-state index contributed by atoms with van der Waals surface area (Å²) >= 11 is 0. The second-order valence-corrected chi connectivity index (χ2v) is 5.75. The van der Waals surface area contributed by atoms with Crippen molar-refractivity contribution in [2.45, 2.75) is 51.5 Å². The number of hydrogen-bond donors (Lipinski definition) is 1. The zero-order chi connectivity index (χ0) is 15.2. The van der Waals surface area contributed by atoms with Crippen molar-refractivity contribution in [3.05, 3.63) is 23.8 Å². The summed E-state index contributed by atoms with van der Waals surface area (Å²) in [5.41, 5.74) is 8.33. The lowest BCUT2D eigenvalue weighted by Crippen LogP contribution is -2.31. The van der Waals surface area contributed by atoms with E-state index in [0.717, 1.165) is 5.69 Å². The molecule has 4 heteroatoms. The molecule has 2 rings (SSSR count). The van der Waals surface area contributed by atoms with E-state index in [1.54, 1.807) is 19.1 Å². The van der Waals surface area contributed by atoms with Crippen molar-refractivity contribution in [2.75, 3.05) is 24.3 Å². The van der Waals surface area contributed by atoms with Crippen LogP contribution < -0.4 is 10.6 Å². The average Bonchev–Trinajstić information content (AvgIpc) is 2.75. The Bertz CT molecular complexity index is 480. The van der Waals surface area contributed by atoms with Crippen molar-refractivity contribution >= 4 is 17.3 Å². The molecule has 0 atom stereocenters. The molecule has 21 heavy (non-hydrogen) atoms. The molecule has 0 spiro atoms. The van der Waals surface area contributed by atoms with Gasteiger partial charge in [0.05, 0.1) is 23.5 Å². The van der Waals surface area contributed by atoms with Gasteiger partial charge in [0.2, 0.25) is 0 Å². The van der Waals surface area contributed by atoms with Crippen LogP contribution >= 0.6 is 0 Å². The van der Waals surface area contributed by atoms with Crippen LogP contribution in [0, 0.1) is 0 Å². The van der Waals surface area contributed by atoms with E-state index < -0.39 is 0 Å². The standard InChI is InChI=1S/C17H26N2O2/c1-3-21-17(20)13-10-11-16(15(18)12-13)19(2)14-8-6-4-5-7-9-14/h10-12,14H,3-9,18H2,1-2H3. The quantitative estimate of drug-likeness (QED) is 0.523. The van der Waals surface area contributed by atoms with Crippen molar-refractivity contribution in [3.63, 3.8) is 0 Å². The Morgan fingerprint density at radius 2 is 1.95 bits per heavy atom. The van der Waals surface area contributed by atoms with Gasteiger partial charge in [0.25, 0.3) is 0 Å². The van der Waals surface area contributed by atoms with Crippen LogP contribution in [0.15, 0.2) is 18.2 Å². The smallest absolute Gasteiger partial charge is 0.338 e. The molecule has 2 N–H and O–H groups in total. The van der Waals surface area contributed by atoms with Crippen LogP contribution in [0.4, 0.5) is 11.4 Å². The minimum absolute atomic E-state index is 0.312. The monoisotopic (exact) mass is 290 g/mol. The Morgan fingerprint density at radius 1 is 1.29 bits per heavy atom. The minimum Gasteiger partial charge on any atom is -0.462 e. The summed E-state index contributed by atoms with van der Waals surface area (Å²) < 4.78 is 5.01. The third-order valence-corrected chi connectivity index (χ3v) is 4.29. The first-order valence-electron chi connectivity index (χ1n) is 7.93. The summed E-state index contributed by atoms with van der Waals surface area (Å²) in [6, 6.07) is 6.01. The van der Waals surface area contributed by atoms with Crippen LogP contribution in [-0.2, 0) is 4.74 Å². The molecule has 4 nitrogen and oxygen atoms in total. The molecule has 0 amide bonds. The highest BCUT2D eigenvalue weighted by atomic mass is 16.5. The van der Waals surface area contributed by atoms with Gasteiger partial charge in [0, 0.05) is 13.1 Å². The van der Waals surface area contributed by atoms with Crippen LogP contribution in [-0.4, -0.2) is 25.7 Å². The SMILES string of the molecule is CCOC(=O)c1ccc(N(C)C2CCCCCC2)c(N)c1. The molecule has 0 unspecified atom stereocenters. The fourth-order valence-electron chi connectivity index (χ4n) is 3.06. The molecule has 1 aliphatic carbocycles. The van der Waals surface area contributed by atoms with Crippen molar-refractivity contribution < 1.29 is 9.53 Å². The number of carbonyl (C=O) groups is 1. The minimum atomic E-state index is -0.312. The van der Waals surface area contributed by atoms with E-state index in [0.29, 0.717) is 23.9 Å². The van der Waals surface area contributed by atoms with Crippen molar-refractivity contribution in [2.24, 2.45) is 0 Å². The first-order chi connectivity index (χ1) is 10.1. The maximum Gasteiger partial charge on any atom is 0.338 e. The summed E-state index contributed by atoms with van der Waals surface area (Å²) in [7, 11) is 2.10. The highest BCUT2D eigenvalue weighted by Crippen LogP contribution is 2.30. The molecular formula is C17H26N2O2. The second-order valence-electron chi connectivity index (χ2n) is 5.75. The number of benzene rings is 1. The van der Waals surface area contributed by atoms with E-state index in [-0.39, 0.29) is 5.97 Å². The Morgan fingerprint density at radius 3 is 2.52 bits per heavy atom. The maximum atomic E-state index is 11.7. The van der Waals surface area contributed by atoms with E-state index in [1.807, 2.05) is 6.07 Å². The highest BCUT2D eigenvalue weighted by molar-refractivity contribution is 5.92. The number of esters is 1. The number of hydrogen-bond acceptors (Lipinski definition) is 4. The number of nitrogen functional groups attached to an aromatic ring is 1. The van der Waals surface area contributed by atoms with E-state index in [2.05, 4.69) is 11.9 Å². The van der Waals surface area contributed by atoms with Crippen LogP contribution in [0.3, 0.4) is 0 Å². The number of ether oxygens (including phenoxy) is 1. The number of carbonyl (C=O) groups excluding carboxylic acids is 1. The summed E-state index contributed by atoms with van der Waals surface area (Å²) in [5.74, 6) is -0.312. The fourth-order valence-corrected chi connectivity index (χ4v) is 3.06. The molecule has 1 aromatic rings. The van der Waals surface area contributed by atoms with Crippen LogP contribution in [0.1, 0.15) is 55.8 Å². The largest absolute Gasteiger partial charge is 0.462 e. The summed E-state index contributed by atoms with van der Waals surface area (Å²) in [5, 5.41) is 0. The summed E-state index contributed by atoms with van der Waals surface area (Å²) in [6.07, 6.45) is 7.68. The molecule has 1 fully saturated rings. The lowest BCUT2D eigenvalue weighted by atomic mass is 10.1. The van der Waals surface area contributed by atoms with Gasteiger partial charge in [-0.05, 0) is 38.0 Å². The van der Waals surface area contributed by atoms with Gasteiger partial charge in [-0.3, -0.25) is 0 Å². The zero-order valence-electron chi connectivity index (χ0n) is 13.1. The van der Waals surface area contributed by atoms with Crippen LogP contribution in [0.2, 0.25) is 0 Å². The van der Waals surface area contributed by atoms with Gasteiger partial charge >= 0.3 is 5.97 Å². The highest BCUT2D eigenvalue weighted by Gasteiger charge is 2.19. The predicted molar refractivity (Wildman–Crippen MR) is 86.7 cm³/mol. The molecule has 1 saturated carbocycles. The van der Waals surface area contributed by atoms with Crippen molar-refractivity contribution in [1.29, 1.82) is 0 Å². The molecule has 0 saturated heterocycles. The van der Waals surface area contributed by atoms with Gasteiger partial charge in [0.1, 0.15) is 0 Å². The number of nitrogens with two attached hydrogens (primary N) is 1. The summed E-state index contributed by atoms with van der Waals surface area (Å²) in [6.45, 7) is 2.18. The van der Waals surface area contributed by atoms with Gasteiger partial charge in [-0.15, -0.1) is 0 Å². The van der Waals surface area contributed by atoms with Crippen LogP contribution in [0.25, 0.3) is 0 Å². The van der Waals surface area contributed by atoms with Crippen molar-refractivity contribution in [1.82, 2.24) is 0 Å². The lowest BCUT2D eigenvalue weighted by molar-refractivity contribution is 0.0526. The third kappa shape index (κ3) is 3.90. The Kier molecular flexibility index (Phi) is 5.48. The normalized spacial score (nSPS) is 16.3. The molecule has 0 aliphatic heterocycles. The Hall–Kier alpha value is -1.71.